The van der Waals surface area contributed by atoms with E-state index in [4.69, 9.17) is 4.74 Å². The van der Waals surface area contributed by atoms with Gasteiger partial charge in [0.25, 0.3) is 0 Å². The molecule has 3 aromatic rings. The Morgan fingerprint density at radius 1 is 1.24 bits per heavy atom. The standard InChI is InChI=1S/C15H13N3O3/c1-9-7-8-16-18-14(9)12(15(19)20)13(17-18)10-3-5-11(21-2)6-4-10/h3-8H,1-2H3,(H,19,20). The van der Waals surface area contributed by atoms with Crippen molar-refractivity contribution in [2.45, 2.75) is 6.92 Å². The summed E-state index contributed by atoms with van der Waals surface area (Å²) in [4.78, 5) is 11.6. The van der Waals surface area contributed by atoms with Gasteiger partial charge in [0.2, 0.25) is 0 Å². The smallest absolute Gasteiger partial charge is 0.340 e. The zero-order valence-electron chi connectivity index (χ0n) is 11.6. The fraction of sp³-hybridized carbons (Fsp3) is 0.133. The zero-order valence-corrected chi connectivity index (χ0v) is 11.6. The third-order valence-corrected chi connectivity index (χ3v) is 3.32. The second kappa shape index (κ2) is 4.90. The summed E-state index contributed by atoms with van der Waals surface area (Å²) in [5, 5.41) is 17.9. The second-order valence-electron chi connectivity index (χ2n) is 4.61. The average Bonchev–Trinajstić information content (AvgIpc) is 2.88. The number of aryl methyl sites for hydroxylation is 1. The minimum Gasteiger partial charge on any atom is -0.497 e. The number of carboxylic acids is 1. The van der Waals surface area contributed by atoms with Crippen molar-refractivity contribution >= 4 is 11.5 Å². The van der Waals surface area contributed by atoms with Crippen molar-refractivity contribution < 1.29 is 14.6 Å². The molecule has 6 heteroatoms. The van der Waals surface area contributed by atoms with Crippen LogP contribution in [0.5, 0.6) is 5.75 Å². The van der Waals surface area contributed by atoms with Gasteiger partial charge in [0.1, 0.15) is 22.5 Å². The number of hydrogen-bond acceptors (Lipinski definition) is 4. The summed E-state index contributed by atoms with van der Waals surface area (Å²) in [6, 6.07) is 8.86. The van der Waals surface area contributed by atoms with Gasteiger partial charge < -0.3 is 9.84 Å². The van der Waals surface area contributed by atoms with E-state index in [-0.39, 0.29) is 5.56 Å². The van der Waals surface area contributed by atoms with Crippen LogP contribution in [0.1, 0.15) is 15.9 Å². The van der Waals surface area contributed by atoms with Crippen LogP contribution >= 0.6 is 0 Å². The predicted octanol–water partition coefficient (Wildman–Crippen LogP) is 2.41. The molecule has 1 N–H and O–H groups in total. The van der Waals surface area contributed by atoms with Gasteiger partial charge in [0, 0.05) is 11.8 Å². The van der Waals surface area contributed by atoms with Crippen LogP contribution in [0.3, 0.4) is 0 Å². The fourth-order valence-corrected chi connectivity index (χ4v) is 2.29. The van der Waals surface area contributed by atoms with Crippen molar-refractivity contribution in [3.8, 4) is 17.0 Å². The Balaban J connectivity index is 2.28. The van der Waals surface area contributed by atoms with E-state index in [0.717, 1.165) is 5.56 Å². The highest BCUT2D eigenvalue weighted by atomic mass is 16.5. The van der Waals surface area contributed by atoms with Crippen molar-refractivity contribution in [3.05, 3.63) is 47.7 Å². The first kappa shape index (κ1) is 13.1. The minimum atomic E-state index is -1.02. The average molecular weight is 283 g/mol. The maximum atomic E-state index is 11.6. The highest BCUT2D eigenvalue weighted by Crippen LogP contribution is 2.28. The molecule has 0 aliphatic carbocycles. The van der Waals surface area contributed by atoms with Crippen molar-refractivity contribution in [2.24, 2.45) is 0 Å². The summed E-state index contributed by atoms with van der Waals surface area (Å²) in [5.74, 6) is -0.319. The number of benzene rings is 1. The normalized spacial score (nSPS) is 10.8. The maximum Gasteiger partial charge on any atom is 0.340 e. The van der Waals surface area contributed by atoms with Crippen molar-refractivity contribution in [1.29, 1.82) is 0 Å². The summed E-state index contributed by atoms with van der Waals surface area (Å²) >= 11 is 0. The number of carboxylic acid groups (broad SMARTS) is 1. The van der Waals surface area contributed by atoms with Crippen molar-refractivity contribution in [1.82, 2.24) is 14.8 Å². The van der Waals surface area contributed by atoms with Gasteiger partial charge in [-0.1, -0.05) is 0 Å². The lowest BCUT2D eigenvalue weighted by Crippen LogP contribution is -2.00. The number of aromatic carboxylic acids is 1. The molecule has 0 aliphatic heterocycles. The molecule has 2 heterocycles. The van der Waals surface area contributed by atoms with Crippen LogP contribution < -0.4 is 4.74 Å². The highest BCUT2D eigenvalue weighted by molar-refractivity contribution is 6.02. The fourth-order valence-electron chi connectivity index (χ4n) is 2.29. The van der Waals surface area contributed by atoms with Gasteiger partial charge in [-0.25, -0.2) is 4.79 Å². The van der Waals surface area contributed by atoms with Gasteiger partial charge in [-0.3, -0.25) is 0 Å². The van der Waals surface area contributed by atoms with Crippen molar-refractivity contribution in [2.75, 3.05) is 7.11 Å². The van der Waals surface area contributed by atoms with E-state index < -0.39 is 5.97 Å². The summed E-state index contributed by atoms with van der Waals surface area (Å²) in [5.41, 5.74) is 2.58. The molecule has 0 amide bonds. The molecule has 0 saturated heterocycles. The molecule has 0 aliphatic rings. The first-order valence-electron chi connectivity index (χ1n) is 6.34. The lowest BCUT2D eigenvalue weighted by Gasteiger charge is -2.02. The Labute approximate surface area is 120 Å². The van der Waals surface area contributed by atoms with Gasteiger partial charge in [0.05, 0.1) is 7.11 Å². The summed E-state index contributed by atoms with van der Waals surface area (Å²) < 4.78 is 6.47. The number of carbonyl (C=O) groups is 1. The number of rotatable bonds is 3. The molecular formula is C15H13N3O3. The number of aromatic nitrogens is 3. The Kier molecular flexibility index (Phi) is 3.06. The number of ether oxygens (including phenoxy) is 1. The van der Waals surface area contributed by atoms with Crippen LogP contribution in [0.2, 0.25) is 0 Å². The van der Waals surface area contributed by atoms with Crippen LogP contribution in [0.25, 0.3) is 16.8 Å². The first-order chi connectivity index (χ1) is 10.1. The molecular weight excluding hydrogens is 270 g/mol. The van der Waals surface area contributed by atoms with E-state index in [1.807, 2.05) is 6.92 Å². The zero-order chi connectivity index (χ0) is 15.0. The second-order valence-corrected chi connectivity index (χ2v) is 4.61. The quantitative estimate of drug-likeness (QED) is 0.798. The number of methoxy groups -OCH3 is 1. The molecule has 0 unspecified atom stereocenters. The van der Waals surface area contributed by atoms with Gasteiger partial charge >= 0.3 is 5.97 Å². The predicted molar refractivity (Wildman–Crippen MR) is 76.7 cm³/mol. The summed E-state index contributed by atoms with van der Waals surface area (Å²) in [7, 11) is 1.58. The lowest BCUT2D eigenvalue weighted by atomic mass is 10.1. The molecule has 6 nitrogen and oxygen atoms in total. The Morgan fingerprint density at radius 3 is 2.57 bits per heavy atom. The van der Waals surface area contributed by atoms with E-state index in [1.165, 1.54) is 4.63 Å². The minimum absolute atomic E-state index is 0.158. The topological polar surface area (TPSA) is 76.7 Å². The number of fused-ring (bicyclic) bond motifs is 1. The van der Waals surface area contributed by atoms with E-state index in [0.29, 0.717) is 22.5 Å². The lowest BCUT2D eigenvalue weighted by molar-refractivity contribution is 0.0699. The van der Waals surface area contributed by atoms with Crippen LogP contribution in [-0.4, -0.2) is 33.0 Å². The Bertz CT molecular complexity index is 822. The van der Waals surface area contributed by atoms with E-state index >= 15 is 0 Å². The van der Waals surface area contributed by atoms with Gasteiger partial charge in [0.15, 0.2) is 0 Å². The van der Waals surface area contributed by atoms with Crippen LogP contribution in [-0.2, 0) is 0 Å². The molecule has 106 valence electrons. The van der Waals surface area contributed by atoms with Gasteiger partial charge in [-0.05, 0) is 42.8 Å². The molecule has 1 aromatic carbocycles. The molecule has 0 fully saturated rings. The largest absolute Gasteiger partial charge is 0.497 e. The third kappa shape index (κ3) is 2.10. The molecule has 0 atom stereocenters. The molecule has 0 spiro atoms. The van der Waals surface area contributed by atoms with E-state index in [2.05, 4.69) is 10.2 Å². The molecule has 0 saturated carbocycles. The highest BCUT2D eigenvalue weighted by Gasteiger charge is 2.22. The molecule has 3 rings (SSSR count). The summed E-state index contributed by atoms with van der Waals surface area (Å²) in [6.45, 7) is 1.84. The van der Waals surface area contributed by atoms with Crippen LogP contribution in [0.15, 0.2) is 36.5 Å². The molecule has 21 heavy (non-hydrogen) atoms. The molecule has 2 aromatic heterocycles. The maximum absolute atomic E-state index is 11.6. The van der Waals surface area contributed by atoms with Crippen LogP contribution in [0.4, 0.5) is 0 Å². The van der Waals surface area contributed by atoms with E-state index in [1.54, 1.807) is 43.6 Å². The molecule has 0 bridgehead atoms. The Morgan fingerprint density at radius 2 is 1.95 bits per heavy atom. The van der Waals surface area contributed by atoms with Gasteiger partial charge in [-0.15, -0.1) is 9.73 Å². The molecule has 0 radical (unpaired) electrons. The van der Waals surface area contributed by atoms with Crippen LogP contribution in [0, 0.1) is 6.92 Å². The number of hydrogen-bond donors (Lipinski definition) is 1. The first-order valence-corrected chi connectivity index (χ1v) is 6.34. The monoisotopic (exact) mass is 283 g/mol. The van der Waals surface area contributed by atoms with Crippen molar-refractivity contribution in [3.63, 3.8) is 0 Å². The number of nitrogens with zero attached hydrogens (tertiary/aromatic N) is 3. The van der Waals surface area contributed by atoms with Gasteiger partial charge in [-0.2, -0.15) is 5.10 Å². The third-order valence-electron chi connectivity index (χ3n) is 3.32. The Hall–Kier alpha value is -2.89. The SMILES string of the molecule is COc1ccc(-c2nn3nccc(C)c3c2C(=O)O)cc1. The summed E-state index contributed by atoms with van der Waals surface area (Å²) in [6.07, 6.45) is 1.60. The van der Waals surface area contributed by atoms with E-state index in [9.17, 15) is 9.90 Å².